The van der Waals surface area contributed by atoms with Crippen molar-refractivity contribution in [1.29, 1.82) is 0 Å². The Balaban J connectivity index is 2.26. The number of hydrogen-bond acceptors (Lipinski definition) is 3. The van der Waals surface area contributed by atoms with E-state index in [1.807, 2.05) is 6.08 Å². The van der Waals surface area contributed by atoms with Gasteiger partial charge in [-0.3, -0.25) is 9.59 Å². The molecule has 0 aromatic carbocycles. The Morgan fingerprint density at radius 2 is 2.24 bits per heavy atom. The van der Waals surface area contributed by atoms with Crippen molar-refractivity contribution < 1.29 is 19.4 Å². The summed E-state index contributed by atoms with van der Waals surface area (Å²) in [5.41, 5.74) is 0.803. The number of carbonyl (C=O) groups excluding carboxylic acids is 1. The van der Waals surface area contributed by atoms with Gasteiger partial charge in [-0.25, -0.2) is 0 Å². The molecule has 0 aromatic rings. The van der Waals surface area contributed by atoms with Crippen molar-refractivity contribution in [2.45, 2.75) is 25.7 Å². The molecule has 0 unspecified atom stereocenters. The molecule has 1 amide bonds. The third-order valence-electron chi connectivity index (χ3n) is 2.72. The summed E-state index contributed by atoms with van der Waals surface area (Å²) in [4.78, 5) is 23.9. The second kappa shape index (κ2) is 7.06. The quantitative estimate of drug-likeness (QED) is 0.706. The number of amides is 1. The van der Waals surface area contributed by atoms with Crippen molar-refractivity contribution in [3.05, 3.63) is 11.6 Å². The van der Waals surface area contributed by atoms with Crippen molar-refractivity contribution in [1.82, 2.24) is 4.90 Å². The van der Waals surface area contributed by atoms with Gasteiger partial charge in [0.2, 0.25) is 5.91 Å². The van der Waals surface area contributed by atoms with E-state index in [0.29, 0.717) is 32.6 Å². The molecule has 0 saturated heterocycles. The van der Waals surface area contributed by atoms with Crippen LogP contribution in [0.25, 0.3) is 0 Å². The van der Waals surface area contributed by atoms with Gasteiger partial charge in [-0.2, -0.15) is 0 Å². The summed E-state index contributed by atoms with van der Waals surface area (Å²) in [5, 5.41) is 8.49. The minimum absolute atomic E-state index is 0.0311. The highest BCUT2D eigenvalue weighted by molar-refractivity contribution is 5.93. The van der Waals surface area contributed by atoms with Crippen molar-refractivity contribution in [3.8, 4) is 0 Å². The van der Waals surface area contributed by atoms with Crippen molar-refractivity contribution in [2.24, 2.45) is 0 Å². The molecular weight excluding hydrogens is 222 g/mol. The highest BCUT2D eigenvalue weighted by atomic mass is 16.5. The molecule has 0 radical (unpaired) electrons. The van der Waals surface area contributed by atoms with Crippen LogP contribution < -0.4 is 0 Å². The lowest BCUT2D eigenvalue weighted by atomic mass is 10.1. The molecule has 0 aliphatic carbocycles. The number of likely N-dealkylation sites (N-methyl/N-ethyl adjacent to an activating group) is 1. The van der Waals surface area contributed by atoms with Crippen LogP contribution in [0, 0.1) is 0 Å². The second-order valence-corrected chi connectivity index (χ2v) is 4.13. The first-order chi connectivity index (χ1) is 8.11. The first-order valence-electron chi connectivity index (χ1n) is 5.85. The molecule has 1 rings (SSSR count). The molecule has 96 valence electrons. The van der Waals surface area contributed by atoms with E-state index in [-0.39, 0.29) is 12.3 Å². The normalized spacial score (nSPS) is 15.2. The van der Waals surface area contributed by atoms with Gasteiger partial charge in [0, 0.05) is 32.0 Å². The molecule has 5 nitrogen and oxygen atoms in total. The number of unbranched alkanes of at least 4 members (excludes halogenated alkanes) is 1. The fourth-order valence-electron chi connectivity index (χ4n) is 1.69. The van der Waals surface area contributed by atoms with Gasteiger partial charge >= 0.3 is 5.97 Å². The van der Waals surface area contributed by atoms with Gasteiger partial charge < -0.3 is 14.7 Å². The van der Waals surface area contributed by atoms with Crippen LogP contribution >= 0.6 is 0 Å². The lowest BCUT2D eigenvalue weighted by molar-refractivity contribution is -0.137. The van der Waals surface area contributed by atoms with E-state index < -0.39 is 5.97 Å². The van der Waals surface area contributed by atoms with E-state index in [4.69, 9.17) is 9.84 Å². The molecular formula is C12H19NO4. The maximum atomic E-state index is 11.9. The summed E-state index contributed by atoms with van der Waals surface area (Å²) in [7, 11) is 1.75. The van der Waals surface area contributed by atoms with Crippen LogP contribution in [0.1, 0.15) is 25.7 Å². The Morgan fingerprint density at radius 1 is 1.47 bits per heavy atom. The third kappa shape index (κ3) is 4.99. The topological polar surface area (TPSA) is 66.8 Å². The molecule has 1 heterocycles. The number of carbonyl (C=O) groups is 2. The summed E-state index contributed by atoms with van der Waals surface area (Å²) >= 11 is 0. The molecule has 0 aromatic heterocycles. The Labute approximate surface area is 101 Å². The first-order valence-corrected chi connectivity index (χ1v) is 5.85. The smallest absolute Gasteiger partial charge is 0.303 e. The zero-order valence-corrected chi connectivity index (χ0v) is 10.1. The van der Waals surface area contributed by atoms with E-state index in [1.54, 1.807) is 11.9 Å². The number of nitrogens with zero attached hydrogens (tertiary/aromatic N) is 1. The summed E-state index contributed by atoms with van der Waals surface area (Å²) < 4.78 is 5.14. The molecule has 0 saturated carbocycles. The maximum Gasteiger partial charge on any atom is 0.303 e. The first kappa shape index (κ1) is 13.7. The van der Waals surface area contributed by atoms with Crippen LogP contribution in [0.5, 0.6) is 0 Å². The zero-order chi connectivity index (χ0) is 12.7. The Kier molecular flexibility index (Phi) is 5.69. The summed E-state index contributed by atoms with van der Waals surface area (Å²) in [6.07, 6.45) is 3.98. The van der Waals surface area contributed by atoms with E-state index in [1.165, 1.54) is 0 Å². The van der Waals surface area contributed by atoms with Gasteiger partial charge in [-0.15, -0.1) is 0 Å². The fraction of sp³-hybridized carbons (Fsp3) is 0.667. The third-order valence-corrected chi connectivity index (χ3v) is 2.72. The van der Waals surface area contributed by atoms with Crippen molar-refractivity contribution in [3.63, 3.8) is 0 Å². The average molecular weight is 241 g/mol. The minimum atomic E-state index is -0.786. The van der Waals surface area contributed by atoms with Crippen LogP contribution in [0.15, 0.2) is 11.6 Å². The molecule has 0 atom stereocenters. The number of rotatable bonds is 6. The van der Waals surface area contributed by atoms with Gasteiger partial charge in [0.05, 0.1) is 13.2 Å². The fourth-order valence-corrected chi connectivity index (χ4v) is 1.69. The number of aliphatic carboxylic acids is 1. The van der Waals surface area contributed by atoms with Crippen molar-refractivity contribution >= 4 is 11.9 Å². The van der Waals surface area contributed by atoms with Crippen molar-refractivity contribution in [2.75, 3.05) is 26.8 Å². The maximum absolute atomic E-state index is 11.9. The number of carboxylic acids is 1. The van der Waals surface area contributed by atoms with E-state index >= 15 is 0 Å². The average Bonchev–Trinajstić information content (AvgIpc) is 2.34. The summed E-state index contributed by atoms with van der Waals surface area (Å²) in [6.45, 7) is 1.71. The number of ether oxygens (including phenoxy) is 1. The van der Waals surface area contributed by atoms with Gasteiger partial charge in [0.25, 0.3) is 0 Å². The molecule has 0 spiro atoms. The lowest BCUT2D eigenvalue weighted by Crippen LogP contribution is -2.30. The highest BCUT2D eigenvalue weighted by Crippen LogP contribution is 2.11. The van der Waals surface area contributed by atoms with Crippen LogP contribution in [0.3, 0.4) is 0 Å². The van der Waals surface area contributed by atoms with Crippen LogP contribution in [-0.4, -0.2) is 48.7 Å². The van der Waals surface area contributed by atoms with E-state index in [0.717, 1.165) is 12.0 Å². The van der Waals surface area contributed by atoms with Gasteiger partial charge in [0.1, 0.15) is 0 Å². The van der Waals surface area contributed by atoms with Crippen LogP contribution in [0.4, 0.5) is 0 Å². The molecule has 5 heteroatoms. The minimum Gasteiger partial charge on any atom is -0.481 e. The molecule has 17 heavy (non-hydrogen) atoms. The lowest BCUT2D eigenvalue weighted by Gasteiger charge is -2.20. The SMILES string of the molecule is CN(CCCCC(=O)O)C(=O)C1=CCOCC1. The Morgan fingerprint density at radius 3 is 2.82 bits per heavy atom. The summed E-state index contributed by atoms with van der Waals surface area (Å²) in [6, 6.07) is 0. The number of carboxylic acid groups (broad SMARTS) is 1. The summed E-state index contributed by atoms with van der Waals surface area (Å²) in [5.74, 6) is -0.755. The van der Waals surface area contributed by atoms with E-state index in [2.05, 4.69) is 0 Å². The van der Waals surface area contributed by atoms with Gasteiger partial charge in [-0.05, 0) is 12.8 Å². The van der Waals surface area contributed by atoms with Gasteiger partial charge in [0.15, 0.2) is 0 Å². The molecule has 1 aliphatic heterocycles. The zero-order valence-electron chi connectivity index (χ0n) is 10.1. The standard InChI is InChI=1S/C12H19NO4/c1-13(7-3-2-4-11(14)15)12(16)10-5-8-17-9-6-10/h5H,2-4,6-9H2,1H3,(H,14,15). The number of hydrogen-bond donors (Lipinski definition) is 1. The Bertz CT molecular complexity index is 312. The van der Waals surface area contributed by atoms with Gasteiger partial charge in [-0.1, -0.05) is 6.08 Å². The predicted molar refractivity (Wildman–Crippen MR) is 62.6 cm³/mol. The van der Waals surface area contributed by atoms with E-state index in [9.17, 15) is 9.59 Å². The second-order valence-electron chi connectivity index (χ2n) is 4.13. The Hall–Kier alpha value is -1.36. The van der Waals surface area contributed by atoms with Crippen LogP contribution in [-0.2, 0) is 14.3 Å². The largest absolute Gasteiger partial charge is 0.481 e. The predicted octanol–water partition coefficient (Wildman–Crippen LogP) is 1.05. The monoisotopic (exact) mass is 241 g/mol. The molecule has 0 bridgehead atoms. The molecule has 0 fully saturated rings. The van der Waals surface area contributed by atoms with Crippen LogP contribution in [0.2, 0.25) is 0 Å². The molecule has 1 aliphatic rings. The molecule has 1 N–H and O–H groups in total. The highest BCUT2D eigenvalue weighted by Gasteiger charge is 2.16.